The molecule has 0 N–H and O–H groups in total. The van der Waals surface area contributed by atoms with Crippen molar-refractivity contribution >= 4 is 45.7 Å². The van der Waals surface area contributed by atoms with Crippen molar-refractivity contribution in [1.29, 1.82) is 0 Å². The van der Waals surface area contributed by atoms with Gasteiger partial charge in [0.2, 0.25) is 0 Å². The summed E-state index contributed by atoms with van der Waals surface area (Å²) in [5, 5.41) is 1.50. The van der Waals surface area contributed by atoms with E-state index in [1.54, 1.807) is 29.2 Å². The van der Waals surface area contributed by atoms with Crippen molar-refractivity contribution in [3.8, 4) is 5.75 Å². The summed E-state index contributed by atoms with van der Waals surface area (Å²) in [6, 6.07) is 12.0. The molecule has 2 heterocycles. The normalized spacial score (nSPS) is 14.3. The van der Waals surface area contributed by atoms with Crippen molar-refractivity contribution in [3.63, 3.8) is 0 Å². The summed E-state index contributed by atoms with van der Waals surface area (Å²) in [5.41, 5.74) is 1.88. The molecule has 1 aliphatic heterocycles. The predicted molar refractivity (Wildman–Crippen MR) is 117 cm³/mol. The molecule has 1 aliphatic rings. The summed E-state index contributed by atoms with van der Waals surface area (Å²) in [4.78, 5) is 20.8. The monoisotopic (exact) mass is 447 g/mol. The van der Waals surface area contributed by atoms with E-state index < -0.39 is 0 Å². The highest BCUT2D eigenvalue weighted by atomic mass is 35.5. The van der Waals surface area contributed by atoms with E-state index >= 15 is 0 Å². The minimum Gasteiger partial charge on any atom is -0.480 e. The number of ether oxygens (including phenoxy) is 1. The molecule has 8 heteroatoms. The van der Waals surface area contributed by atoms with Crippen LogP contribution >= 0.6 is 23.2 Å². The van der Waals surface area contributed by atoms with Crippen molar-refractivity contribution in [1.82, 2.24) is 9.88 Å². The van der Waals surface area contributed by atoms with Gasteiger partial charge in [0.1, 0.15) is 11.3 Å². The Bertz CT molecular complexity index is 1100. The molecule has 1 amide bonds. The summed E-state index contributed by atoms with van der Waals surface area (Å²) >= 11 is 12.6. The number of carbonyl (C=O) groups excluding carboxylic acids is 1. The molecule has 2 aromatic carbocycles. The minimum absolute atomic E-state index is 0.157. The van der Waals surface area contributed by atoms with Gasteiger partial charge in [-0.3, -0.25) is 4.79 Å². The van der Waals surface area contributed by atoms with E-state index in [-0.39, 0.29) is 18.3 Å². The summed E-state index contributed by atoms with van der Waals surface area (Å²) in [5.74, 6) is -0.0687. The molecule has 5 nitrogen and oxygen atoms in total. The lowest BCUT2D eigenvalue weighted by molar-refractivity contribution is -0.133. The molecule has 4 rings (SSSR count). The molecule has 30 heavy (non-hydrogen) atoms. The number of piperazine rings is 1. The number of nitrogens with zero attached hydrogens (tertiary/aromatic N) is 3. The second kappa shape index (κ2) is 8.66. The number of amides is 1. The van der Waals surface area contributed by atoms with Crippen molar-refractivity contribution in [2.75, 3.05) is 37.7 Å². The molecule has 1 fully saturated rings. The first kappa shape index (κ1) is 20.7. The minimum atomic E-state index is -0.257. The maximum absolute atomic E-state index is 14.0. The number of rotatable bonds is 4. The van der Waals surface area contributed by atoms with E-state index in [0.717, 1.165) is 5.69 Å². The van der Waals surface area contributed by atoms with Crippen molar-refractivity contribution in [2.45, 2.75) is 6.92 Å². The van der Waals surface area contributed by atoms with Gasteiger partial charge in [-0.25, -0.2) is 9.37 Å². The third-order valence-electron chi connectivity index (χ3n) is 5.14. The topological polar surface area (TPSA) is 45.7 Å². The van der Waals surface area contributed by atoms with Gasteiger partial charge in [-0.2, -0.15) is 0 Å². The Morgan fingerprint density at radius 1 is 1.10 bits per heavy atom. The SMILES string of the molecule is Cc1ccc2c(Cl)cc(Cl)c(OCC(=O)N3CCN(c4ccccc4F)CC3)c2n1. The zero-order valence-corrected chi connectivity index (χ0v) is 17.9. The van der Waals surface area contributed by atoms with Gasteiger partial charge in [0.05, 0.1) is 15.7 Å². The average molecular weight is 448 g/mol. The second-order valence-corrected chi connectivity index (χ2v) is 7.94. The quantitative estimate of drug-likeness (QED) is 0.580. The van der Waals surface area contributed by atoms with Crippen molar-refractivity contribution < 1.29 is 13.9 Å². The van der Waals surface area contributed by atoms with Crippen LogP contribution in [0.3, 0.4) is 0 Å². The Hall–Kier alpha value is -2.57. The number of aryl methyl sites for hydroxylation is 1. The number of aromatic nitrogens is 1. The molecule has 156 valence electrons. The van der Waals surface area contributed by atoms with E-state index in [1.165, 1.54) is 6.07 Å². The van der Waals surface area contributed by atoms with E-state index in [9.17, 15) is 9.18 Å². The molecular formula is C22H20Cl2FN3O2. The largest absolute Gasteiger partial charge is 0.480 e. The van der Waals surface area contributed by atoms with Crippen LogP contribution in [0.4, 0.5) is 10.1 Å². The van der Waals surface area contributed by atoms with Crippen LogP contribution in [-0.2, 0) is 4.79 Å². The van der Waals surface area contributed by atoms with Gasteiger partial charge in [0.15, 0.2) is 12.4 Å². The molecule has 3 aromatic rings. The first-order valence-electron chi connectivity index (χ1n) is 9.59. The van der Waals surface area contributed by atoms with Crippen LogP contribution in [0.25, 0.3) is 10.9 Å². The fraction of sp³-hybridized carbons (Fsp3) is 0.273. The summed E-state index contributed by atoms with van der Waals surface area (Å²) in [6.07, 6.45) is 0. The highest BCUT2D eigenvalue weighted by Gasteiger charge is 2.23. The fourth-order valence-electron chi connectivity index (χ4n) is 3.56. The number of hydrogen-bond donors (Lipinski definition) is 0. The Labute approximate surface area is 184 Å². The molecule has 0 atom stereocenters. The summed E-state index contributed by atoms with van der Waals surface area (Å²) in [6.45, 7) is 3.78. The number of benzene rings is 2. The second-order valence-electron chi connectivity index (χ2n) is 7.13. The molecule has 0 aliphatic carbocycles. The summed E-state index contributed by atoms with van der Waals surface area (Å²) < 4.78 is 19.8. The molecular weight excluding hydrogens is 428 g/mol. The zero-order chi connectivity index (χ0) is 21.3. The lowest BCUT2D eigenvalue weighted by Crippen LogP contribution is -2.50. The van der Waals surface area contributed by atoms with Crippen LogP contribution in [0.5, 0.6) is 5.75 Å². The Kier molecular flexibility index (Phi) is 5.97. The van der Waals surface area contributed by atoms with E-state index in [2.05, 4.69) is 4.98 Å². The van der Waals surface area contributed by atoms with E-state index in [0.29, 0.717) is 58.6 Å². The smallest absolute Gasteiger partial charge is 0.260 e. The third-order valence-corrected chi connectivity index (χ3v) is 5.74. The zero-order valence-electron chi connectivity index (χ0n) is 16.4. The molecule has 0 radical (unpaired) electrons. The number of hydrogen-bond acceptors (Lipinski definition) is 4. The first-order valence-corrected chi connectivity index (χ1v) is 10.3. The summed E-state index contributed by atoms with van der Waals surface area (Å²) in [7, 11) is 0. The molecule has 0 bridgehead atoms. The maximum Gasteiger partial charge on any atom is 0.260 e. The Morgan fingerprint density at radius 2 is 1.83 bits per heavy atom. The highest BCUT2D eigenvalue weighted by molar-refractivity contribution is 6.39. The lowest BCUT2D eigenvalue weighted by Gasteiger charge is -2.36. The first-order chi connectivity index (χ1) is 14.4. The molecule has 0 unspecified atom stereocenters. The van der Waals surface area contributed by atoms with Crippen molar-refractivity contribution in [3.05, 3.63) is 64.0 Å². The van der Waals surface area contributed by atoms with Crippen molar-refractivity contribution in [2.24, 2.45) is 0 Å². The van der Waals surface area contributed by atoms with Gasteiger partial charge < -0.3 is 14.5 Å². The van der Waals surface area contributed by atoms with Crippen LogP contribution in [0.15, 0.2) is 42.5 Å². The maximum atomic E-state index is 14.0. The van der Waals surface area contributed by atoms with Crippen LogP contribution in [-0.4, -0.2) is 48.6 Å². The number of para-hydroxylation sites is 1. The van der Waals surface area contributed by atoms with Gasteiger partial charge in [0, 0.05) is 37.3 Å². The van der Waals surface area contributed by atoms with E-state index in [4.69, 9.17) is 27.9 Å². The number of halogens is 3. The Morgan fingerprint density at radius 3 is 2.57 bits per heavy atom. The van der Waals surface area contributed by atoms with Gasteiger partial charge in [0.25, 0.3) is 5.91 Å². The van der Waals surface area contributed by atoms with Crippen LogP contribution < -0.4 is 9.64 Å². The van der Waals surface area contributed by atoms with Gasteiger partial charge in [-0.15, -0.1) is 0 Å². The van der Waals surface area contributed by atoms with E-state index in [1.807, 2.05) is 24.0 Å². The standard InChI is InChI=1S/C22H20Cl2FN3O2/c1-14-6-7-15-16(23)12-17(24)22(21(15)26-14)30-13-20(29)28-10-8-27(9-11-28)19-5-3-2-4-18(19)25/h2-7,12H,8-11,13H2,1H3. The number of anilines is 1. The lowest BCUT2D eigenvalue weighted by atomic mass is 10.2. The van der Waals surface area contributed by atoms with Gasteiger partial charge >= 0.3 is 0 Å². The van der Waals surface area contributed by atoms with Crippen LogP contribution in [0, 0.1) is 12.7 Å². The number of carbonyl (C=O) groups is 1. The number of fused-ring (bicyclic) bond motifs is 1. The Balaban J connectivity index is 1.43. The molecule has 1 saturated heterocycles. The van der Waals surface area contributed by atoms with Gasteiger partial charge in [-0.1, -0.05) is 35.3 Å². The molecule has 0 spiro atoms. The van der Waals surface area contributed by atoms with Crippen LogP contribution in [0.1, 0.15) is 5.69 Å². The fourth-order valence-corrected chi connectivity index (χ4v) is 4.13. The number of pyridine rings is 1. The average Bonchev–Trinajstić information content (AvgIpc) is 2.73. The molecule has 0 saturated carbocycles. The molecule has 1 aromatic heterocycles. The van der Waals surface area contributed by atoms with Crippen LogP contribution in [0.2, 0.25) is 10.0 Å². The third kappa shape index (κ3) is 4.16. The highest BCUT2D eigenvalue weighted by Crippen LogP contribution is 2.37. The van der Waals surface area contributed by atoms with Gasteiger partial charge in [-0.05, 0) is 37.3 Å². The predicted octanol–water partition coefficient (Wildman–Crippen LogP) is 4.72.